The summed E-state index contributed by atoms with van der Waals surface area (Å²) in [6.45, 7) is 2.87. The molecule has 0 saturated heterocycles. The number of ether oxygens (including phenoxy) is 1. The number of aliphatic hydroxyl groups excluding tert-OH is 1. The van der Waals surface area contributed by atoms with Crippen molar-refractivity contribution in [3.63, 3.8) is 0 Å². The van der Waals surface area contributed by atoms with Crippen LogP contribution in [-0.2, 0) is 11.3 Å². The third-order valence-corrected chi connectivity index (χ3v) is 2.10. The molecule has 1 heterocycles. The Morgan fingerprint density at radius 2 is 2.44 bits per heavy atom. The van der Waals surface area contributed by atoms with Crippen LogP contribution in [0.2, 0.25) is 0 Å². The van der Waals surface area contributed by atoms with Crippen LogP contribution in [0.4, 0.5) is 0 Å². The Morgan fingerprint density at radius 3 is 3.00 bits per heavy atom. The lowest BCUT2D eigenvalue weighted by atomic mass is 10.3. The summed E-state index contributed by atoms with van der Waals surface area (Å²) < 4.78 is 9.77. The van der Waals surface area contributed by atoms with E-state index in [4.69, 9.17) is 14.4 Å². The molecule has 16 heavy (non-hydrogen) atoms. The zero-order chi connectivity index (χ0) is 12.0. The van der Waals surface area contributed by atoms with E-state index in [1.165, 1.54) is 12.0 Å². The van der Waals surface area contributed by atoms with Gasteiger partial charge in [-0.15, -0.1) is 0 Å². The van der Waals surface area contributed by atoms with Crippen LogP contribution in [0.15, 0.2) is 10.6 Å². The normalized spacial score (nSPS) is 10.4. The number of methoxy groups -OCH3 is 1. The predicted molar refractivity (Wildman–Crippen MR) is 55.9 cm³/mol. The van der Waals surface area contributed by atoms with Gasteiger partial charge in [-0.3, -0.25) is 4.79 Å². The topological polar surface area (TPSA) is 75.8 Å². The van der Waals surface area contributed by atoms with Gasteiger partial charge in [0.1, 0.15) is 6.61 Å². The van der Waals surface area contributed by atoms with E-state index in [9.17, 15) is 4.79 Å². The third-order valence-electron chi connectivity index (χ3n) is 2.10. The predicted octanol–water partition coefficient (Wildman–Crippen LogP) is 0.275. The maximum atomic E-state index is 11.8. The Kier molecular flexibility index (Phi) is 4.94. The fourth-order valence-electron chi connectivity index (χ4n) is 1.31. The van der Waals surface area contributed by atoms with Gasteiger partial charge in [0.2, 0.25) is 0 Å². The minimum Gasteiger partial charge on any atom is -0.395 e. The molecule has 0 atom stereocenters. The second-order valence-electron chi connectivity index (χ2n) is 3.22. The molecule has 0 saturated carbocycles. The van der Waals surface area contributed by atoms with Crippen LogP contribution in [-0.4, -0.2) is 47.9 Å². The van der Waals surface area contributed by atoms with Crippen LogP contribution < -0.4 is 0 Å². The van der Waals surface area contributed by atoms with Crippen LogP contribution in [0.25, 0.3) is 0 Å². The molecule has 0 spiro atoms. The molecule has 90 valence electrons. The molecule has 6 heteroatoms. The van der Waals surface area contributed by atoms with Crippen LogP contribution in [0.1, 0.15) is 23.2 Å². The Hall–Kier alpha value is -1.40. The van der Waals surface area contributed by atoms with Crippen molar-refractivity contribution in [1.29, 1.82) is 0 Å². The van der Waals surface area contributed by atoms with Crippen molar-refractivity contribution in [3.05, 3.63) is 17.5 Å². The summed E-state index contributed by atoms with van der Waals surface area (Å²) in [5.41, 5.74) is 0.238. The van der Waals surface area contributed by atoms with E-state index in [0.29, 0.717) is 18.8 Å². The van der Waals surface area contributed by atoms with Gasteiger partial charge in [-0.1, -0.05) is 5.16 Å². The van der Waals surface area contributed by atoms with E-state index in [-0.39, 0.29) is 24.8 Å². The van der Waals surface area contributed by atoms with Crippen LogP contribution in [0.5, 0.6) is 0 Å². The van der Waals surface area contributed by atoms with Crippen LogP contribution in [0.3, 0.4) is 0 Å². The molecule has 0 unspecified atom stereocenters. The second-order valence-corrected chi connectivity index (χ2v) is 3.22. The number of aliphatic hydroxyl groups is 1. The first-order valence-corrected chi connectivity index (χ1v) is 5.07. The largest absolute Gasteiger partial charge is 0.395 e. The Morgan fingerprint density at radius 1 is 1.69 bits per heavy atom. The standard InChI is InChI=1S/C10H16N2O4/c1-3-12(4-5-13)10(14)9-6-8(7-15-2)16-11-9/h6,13H,3-5,7H2,1-2H3. The molecule has 0 fully saturated rings. The summed E-state index contributed by atoms with van der Waals surface area (Å²) in [4.78, 5) is 13.3. The number of likely N-dealkylation sites (N-methyl/N-ethyl adjacent to an activating group) is 1. The summed E-state index contributed by atoms with van der Waals surface area (Å²) in [5.74, 6) is 0.258. The lowest BCUT2D eigenvalue weighted by Gasteiger charge is -2.17. The second kappa shape index (κ2) is 6.24. The van der Waals surface area contributed by atoms with Crippen molar-refractivity contribution in [1.82, 2.24) is 10.1 Å². The van der Waals surface area contributed by atoms with Gasteiger partial charge in [-0.2, -0.15) is 0 Å². The molecule has 0 aliphatic heterocycles. The highest BCUT2D eigenvalue weighted by Gasteiger charge is 2.18. The van der Waals surface area contributed by atoms with Crippen molar-refractivity contribution in [2.45, 2.75) is 13.5 Å². The van der Waals surface area contributed by atoms with Gasteiger partial charge in [0.25, 0.3) is 5.91 Å². The number of amides is 1. The molecule has 6 nitrogen and oxygen atoms in total. The highest BCUT2D eigenvalue weighted by Crippen LogP contribution is 2.07. The maximum absolute atomic E-state index is 11.8. The Bertz CT molecular complexity index is 337. The van der Waals surface area contributed by atoms with Gasteiger partial charge in [0.15, 0.2) is 11.5 Å². The molecule has 1 rings (SSSR count). The van der Waals surface area contributed by atoms with Gasteiger partial charge >= 0.3 is 0 Å². The molecule has 0 aromatic carbocycles. The summed E-state index contributed by atoms with van der Waals surface area (Å²) in [5, 5.41) is 12.5. The summed E-state index contributed by atoms with van der Waals surface area (Å²) in [6, 6.07) is 1.55. The summed E-state index contributed by atoms with van der Waals surface area (Å²) in [7, 11) is 1.54. The molecule has 0 radical (unpaired) electrons. The summed E-state index contributed by atoms with van der Waals surface area (Å²) in [6.07, 6.45) is 0. The fourth-order valence-corrected chi connectivity index (χ4v) is 1.31. The third kappa shape index (κ3) is 3.04. The van der Waals surface area contributed by atoms with E-state index in [2.05, 4.69) is 5.16 Å². The van der Waals surface area contributed by atoms with E-state index < -0.39 is 0 Å². The van der Waals surface area contributed by atoms with Crippen molar-refractivity contribution < 1.29 is 19.2 Å². The number of aromatic nitrogens is 1. The lowest BCUT2D eigenvalue weighted by Crippen LogP contribution is -2.33. The minimum atomic E-state index is -0.248. The molecular formula is C10H16N2O4. The molecule has 1 aromatic heterocycles. The van der Waals surface area contributed by atoms with E-state index in [1.54, 1.807) is 6.07 Å². The Balaban J connectivity index is 2.70. The Labute approximate surface area is 93.8 Å². The van der Waals surface area contributed by atoms with Crippen molar-refractivity contribution >= 4 is 5.91 Å². The number of hydrogen-bond acceptors (Lipinski definition) is 5. The van der Waals surface area contributed by atoms with E-state index in [1.807, 2.05) is 6.92 Å². The average Bonchev–Trinajstić information content (AvgIpc) is 2.74. The SMILES string of the molecule is CCN(CCO)C(=O)c1cc(COC)on1. The molecule has 1 aromatic rings. The first-order valence-electron chi connectivity index (χ1n) is 5.07. The number of nitrogens with zero attached hydrogens (tertiary/aromatic N) is 2. The van der Waals surface area contributed by atoms with Gasteiger partial charge in [-0.25, -0.2) is 0 Å². The quantitative estimate of drug-likeness (QED) is 0.756. The average molecular weight is 228 g/mol. The zero-order valence-electron chi connectivity index (χ0n) is 9.47. The summed E-state index contributed by atoms with van der Waals surface area (Å²) >= 11 is 0. The first kappa shape index (κ1) is 12.7. The molecule has 1 amide bonds. The fraction of sp³-hybridized carbons (Fsp3) is 0.600. The minimum absolute atomic E-state index is 0.0671. The van der Waals surface area contributed by atoms with Gasteiger partial charge in [0, 0.05) is 26.3 Å². The monoisotopic (exact) mass is 228 g/mol. The highest BCUT2D eigenvalue weighted by atomic mass is 16.5. The van der Waals surface area contributed by atoms with E-state index in [0.717, 1.165) is 0 Å². The lowest BCUT2D eigenvalue weighted by molar-refractivity contribution is 0.0721. The van der Waals surface area contributed by atoms with Crippen molar-refractivity contribution in [2.75, 3.05) is 26.8 Å². The van der Waals surface area contributed by atoms with Gasteiger partial charge < -0.3 is 19.3 Å². The first-order chi connectivity index (χ1) is 7.72. The zero-order valence-corrected chi connectivity index (χ0v) is 9.47. The number of carbonyl (C=O) groups is 1. The molecule has 1 N–H and O–H groups in total. The van der Waals surface area contributed by atoms with Gasteiger partial charge in [0.05, 0.1) is 6.61 Å². The van der Waals surface area contributed by atoms with Crippen molar-refractivity contribution in [2.24, 2.45) is 0 Å². The van der Waals surface area contributed by atoms with Gasteiger partial charge in [-0.05, 0) is 6.92 Å². The van der Waals surface area contributed by atoms with Crippen molar-refractivity contribution in [3.8, 4) is 0 Å². The van der Waals surface area contributed by atoms with Crippen LogP contribution in [0, 0.1) is 0 Å². The number of hydrogen-bond donors (Lipinski definition) is 1. The smallest absolute Gasteiger partial charge is 0.276 e. The number of carbonyl (C=O) groups excluding carboxylic acids is 1. The maximum Gasteiger partial charge on any atom is 0.276 e. The molecule has 0 aliphatic carbocycles. The molecule has 0 aliphatic rings. The molecule has 0 bridgehead atoms. The molecular weight excluding hydrogens is 212 g/mol. The van der Waals surface area contributed by atoms with Crippen LogP contribution >= 0.6 is 0 Å². The number of rotatable bonds is 6. The highest BCUT2D eigenvalue weighted by molar-refractivity contribution is 5.92. The van der Waals surface area contributed by atoms with E-state index >= 15 is 0 Å².